The van der Waals surface area contributed by atoms with Crippen molar-refractivity contribution >= 4 is 5.78 Å². The quantitative estimate of drug-likeness (QED) is 0.402. The van der Waals surface area contributed by atoms with E-state index < -0.39 is 0 Å². The lowest BCUT2D eigenvalue weighted by Gasteiger charge is -1.99. The smallest absolute Gasteiger partial charge is 0.185 e. The minimum absolute atomic E-state index is 0.115. The van der Waals surface area contributed by atoms with Gasteiger partial charge in [-0.25, -0.2) is 0 Å². The molecule has 1 aromatic rings. The summed E-state index contributed by atoms with van der Waals surface area (Å²) in [5, 5.41) is 0. The first-order valence-corrected chi connectivity index (χ1v) is 5.52. The van der Waals surface area contributed by atoms with Crippen molar-refractivity contribution in [3.63, 3.8) is 0 Å². The average Bonchev–Trinajstić information content (AvgIpc) is 2.25. The first-order chi connectivity index (χ1) is 7.25. The van der Waals surface area contributed by atoms with Crippen LogP contribution in [-0.2, 0) is 0 Å². The lowest BCUT2D eigenvalue weighted by molar-refractivity contribution is 0.104. The van der Waals surface area contributed by atoms with Gasteiger partial charge in [0.1, 0.15) is 0 Å². The van der Waals surface area contributed by atoms with Crippen molar-refractivity contribution in [2.45, 2.75) is 33.1 Å². The fourth-order valence-corrected chi connectivity index (χ4v) is 1.45. The second-order valence-electron chi connectivity index (χ2n) is 3.72. The van der Waals surface area contributed by atoms with E-state index in [0.29, 0.717) is 0 Å². The van der Waals surface area contributed by atoms with Crippen LogP contribution in [0.1, 0.15) is 42.1 Å². The maximum Gasteiger partial charge on any atom is 0.185 e. The van der Waals surface area contributed by atoms with E-state index in [2.05, 4.69) is 6.92 Å². The molecule has 0 spiro atoms. The van der Waals surface area contributed by atoms with E-state index in [0.717, 1.165) is 24.0 Å². The Balaban J connectivity index is 2.61. The Kier molecular flexibility index (Phi) is 4.82. The topological polar surface area (TPSA) is 17.1 Å². The van der Waals surface area contributed by atoms with Crippen LogP contribution in [0.25, 0.3) is 0 Å². The van der Waals surface area contributed by atoms with Gasteiger partial charge in [-0.1, -0.05) is 50.1 Å². The molecule has 0 N–H and O–H groups in total. The molecule has 0 amide bonds. The van der Waals surface area contributed by atoms with Crippen molar-refractivity contribution in [2.75, 3.05) is 0 Å². The summed E-state index contributed by atoms with van der Waals surface area (Å²) in [7, 11) is 0. The third kappa shape index (κ3) is 3.70. The van der Waals surface area contributed by atoms with Crippen molar-refractivity contribution in [1.29, 1.82) is 0 Å². The Morgan fingerprint density at radius 1 is 1.33 bits per heavy atom. The van der Waals surface area contributed by atoms with E-state index in [1.165, 1.54) is 6.42 Å². The molecule has 0 aliphatic carbocycles. The molecule has 0 saturated heterocycles. The number of hydrogen-bond acceptors (Lipinski definition) is 1. The van der Waals surface area contributed by atoms with Crippen LogP contribution in [0.2, 0.25) is 0 Å². The number of carbonyl (C=O) groups is 1. The molecule has 1 rings (SSSR count). The summed E-state index contributed by atoms with van der Waals surface area (Å²) in [5.74, 6) is 0.115. The third-order valence-corrected chi connectivity index (χ3v) is 2.40. The summed E-state index contributed by atoms with van der Waals surface area (Å²) >= 11 is 0. The molecule has 1 heteroatoms. The van der Waals surface area contributed by atoms with Gasteiger partial charge in [0.05, 0.1) is 0 Å². The highest BCUT2D eigenvalue weighted by Crippen LogP contribution is 2.08. The van der Waals surface area contributed by atoms with Crippen molar-refractivity contribution in [3.8, 4) is 0 Å². The lowest BCUT2D eigenvalue weighted by atomic mass is 10.0. The molecular formula is C14H18O. The number of unbranched alkanes of at least 4 members (excludes halogenated alkanes) is 2. The normalized spacial score (nSPS) is 10.8. The van der Waals surface area contributed by atoms with E-state index in [4.69, 9.17) is 0 Å². The Morgan fingerprint density at radius 2 is 2.07 bits per heavy atom. The summed E-state index contributed by atoms with van der Waals surface area (Å²) in [6.07, 6.45) is 6.98. The molecule has 0 heterocycles. The van der Waals surface area contributed by atoms with Crippen LogP contribution in [0, 0.1) is 6.92 Å². The van der Waals surface area contributed by atoms with E-state index >= 15 is 0 Å². The molecule has 1 nitrogen and oxygen atoms in total. The molecule has 0 bridgehead atoms. The minimum Gasteiger partial charge on any atom is -0.289 e. The van der Waals surface area contributed by atoms with Crippen LogP contribution in [0.3, 0.4) is 0 Å². The fourth-order valence-electron chi connectivity index (χ4n) is 1.45. The SMILES string of the molecule is CCCC/C=C/C(=O)c1ccccc1C. The lowest BCUT2D eigenvalue weighted by Crippen LogP contribution is -1.96. The van der Waals surface area contributed by atoms with Gasteiger partial charge in [0.15, 0.2) is 5.78 Å². The molecule has 15 heavy (non-hydrogen) atoms. The minimum atomic E-state index is 0.115. The largest absolute Gasteiger partial charge is 0.289 e. The Bertz CT molecular complexity index is 350. The van der Waals surface area contributed by atoms with E-state index in [1.807, 2.05) is 37.3 Å². The zero-order valence-corrected chi connectivity index (χ0v) is 9.49. The van der Waals surface area contributed by atoms with Crippen molar-refractivity contribution in [3.05, 3.63) is 47.5 Å². The zero-order chi connectivity index (χ0) is 11.1. The fraction of sp³-hybridized carbons (Fsp3) is 0.357. The summed E-state index contributed by atoms with van der Waals surface area (Å²) in [4.78, 5) is 11.7. The highest BCUT2D eigenvalue weighted by molar-refractivity contribution is 6.05. The number of ketones is 1. The molecule has 80 valence electrons. The molecule has 0 aliphatic heterocycles. The summed E-state index contributed by atoms with van der Waals surface area (Å²) in [5.41, 5.74) is 1.85. The first kappa shape index (κ1) is 11.7. The van der Waals surface area contributed by atoms with Crippen LogP contribution in [0.15, 0.2) is 36.4 Å². The highest BCUT2D eigenvalue weighted by Gasteiger charge is 2.03. The van der Waals surface area contributed by atoms with E-state index in [1.54, 1.807) is 6.08 Å². The molecule has 1 aromatic carbocycles. The van der Waals surface area contributed by atoms with Crippen LogP contribution >= 0.6 is 0 Å². The molecule has 0 aromatic heterocycles. The van der Waals surface area contributed by atoms with Gasteiger partial charge < -0.3 is 0 Å². The van der Waals surface area contributed by atoms with Crippen LogP contribution in [-0.4, -0.2) is 5.78 Å². The first-order valence-electron chi connectivity index (χ1n) is 5.52. The average molecular weight is 202 g/mol. The second kappa shape index (κ2) is 6.18. The summed E-state index contributed by atoms with van der Waals surface area (Å²) < 4.78 is 0. The zero-order valence-electron chi connectivity index (χ0n) is 9.49. The van der Waals surface area contributed by atoms with Crippen molar-refractivity contribution in [2.24, 2.45) is 0 Å². The molecule has 0 saturated carbocycles. The molecular weight excluding hydrogens is 184 g/mol. The third-order valence-electron chi connectivity index (χ3n) is 2.40. The van der Waals surface area contributed by atoms with Crippen molar-refractivity contribution in [1.82, 2.24) is 0 Å². The van der Waals surface area contributed by atoms with Gasteiger partial charge in [0.25, 0.3) is 0 Å². The van der Waals surface area contributed by atoms with Crippen LogP contribution in [0.4, 0.5) is 0 Å². The molecule has 0 radical (unpaired) electrons. The maximum atomic E-state index is 11.7. The number of rotatable bonds is 5. The molecule has 0 aliphatic rings. The van der Waals surface area contributed by atoms with Crippen molar-refractivity contribution < 1.29 is 4.79 Å². The van der Waals surface area contributed by atoms with E-state index in [9.17, 15) is 4.79 Å². The maximum absolute atomic E-state index is 11.7. The number of carbonyl (C=O) groups excluding carboxylic acids is 1. The number of aryl methyl sites for hydroxylation is 1. The van der Waals surface area contributed by atoms with Gasteiger partial charge in [0, 0.05) is 5.56 Å². The predicted octanol–water partition coefficient (Wildman–Crippen LogP) is 3.92. The van der Waals surface area contributed by atoms with Gasteiger partial charge in [0.2, 0.25) is 0 Å². The van der Waals surface area contributed by atoms with Gasteiger partial charge in [-0.2, -0.15) is 0 Å². The van der Waals surface area contributed by atoms with Gasteiger partial charge >= 0.3 is 0 Å². The van der Waals surface area contributed by atoms with Crippen LogP contribution in [0.5, 0.6) is 0 Å². The Hall–Kier alpha value is -1.37. The van der Waals surface area contributed by atoms with Gasteiger partial charge in [-0.05, 0) is 25.0 Å². The second-order valence-corrected chi connectivity index (χ2v) is 3.72. The number of hydrogen-bond donors (Lipinski definition) is 0. The van der Waals surface area contributed by atoms with E-state index in [-0.39, 0.29) is 5.78 Å². The Labute approximate surface area is 91.8 Å². The Morgan fingerprint density at radius 3 is 2.73 bits per heavy atom. The highest BCUT2D eigenvalue weighted by atomic mass is 16.1. The molecule has 0 fully saturated rings. The summed E-state index contributed by atoms with van der Waals surface area (Å²) in [6.45, 7) is 4.12. The molecule has 0 unspecified atom stereocenters. The standard InChI is InChI=1S/C14H18O/c1-3-4-5-6-11-14(15)13-10-8-7-9-12(13)2/h6-11H,3-5H2,1-2H3/b11-6+. The number of benzene rings is 1. The predicted molar refractivity (Wildman–Crippen MR) is 64.2 cm³/mol. The van der Waals surface area contributed by atoms with Crippen LogP contribution < -0.4 is 0 Å². The molecule has 0 atom stereocenters. The van der Waals surface area contributed by atoms with Gasteiger partial charge in [-0.3, -0.25) is 4.79 Å². The summed E-state index contributed by atoms with van der Waals surface area (Å²) in [6, 6.07) is 7.70. The monoisotopic (exact) mass is 202 g/mol. The number of allylic oxidation sites excluding steroid dienone is 2. The van der Waals surface area contributed by atoms with Gasteiger partial charge in [-0.15, -0.1) is 0 Å².